The SMILES string of the molecule is O=C(O)c1nc(-c2ncccn2)nc2c1CNCC2. The molecule has 0 aliphatic carbocycles. The molecule has 1 aliphatic rings. The predicted molar refractivity (Wildman–Crippen MR) is 65.4 cm³/mol. The Morgan fingerprint density at radius 1 is 1.21 bits per heavy atom. The number of carbonyl (C=O) groups is 1. The molecule has 0 saturated heterocycles. The minimum atomic E-state index is -1.06. The molecule has 0 atom stereocenters. The highest BCUT2D eigenvalue weighted by atomic mass is 16.4. The van der Waals surface area contributed by atoms with Gasteiger partial charge in [0.2, 0.25) is 0 Å². The van der Waals surface area contributed by atoms with Gasteiger partial charge in [-0.2, -0.15) is 0 Å². The largest absolute Gasteiger partial charge is 0.476 e. The predicted octanol–water partition coefficient (Wildman–Crippen LogP) is 0.277. The second kappa shape index (κ2) is 4.69. The quantitative estimate of drug-likeness (QED) is 0.796. The second-order valence-corrected chi connectivity index (χ2v) is 4.13. The van der Waals surface area contributed by atoms with Crippen molar-refractivity contribution in [2.75, 3.05) is 6.54 Å². The van der Waals surface area contributed by atoms with E-state index in [2.05, 4.69) is 25.3 Å². The minimum Gasteiger partial charge on any atom is -0.476 e. The zero-order valence-corrected chi connectivity index (χ0v) is 10.00. The van der Waals surface area contributed by atoms with Crippen molar-refractivity contribution in [3.05, 3.63) is 35.4 Å². The number of rotatable bonds is 2. The first-order chi connectivity index (χ1) is 9.25. The highest BCUT2D eigenvalue weighted by Crippen LogP contribution is 2.19. The fourth-order valence-corrected chi connectivity index (χ4v) is 2.03. The molecule has 3 rings (SSSR count). The summed E-state index contributed by atoms with van der Waals surface area (Å²) in [6.07, 6.45) is 3.83. The average Bonchev–Trinajstić information content (AvgIpc) is 2.47. The Bertz CT molecular complexity index is 630. The molecule has 0 radical (unpaired) electrons. The molecule has 2 aromatic heterocycles. The van der Waals surface area contributed by atoms with Crippen LogP contribution in [0.2, 0.25) is 0 Å². The van der Waals surface area contributed by atoms with Crippen LogP contribution in [0.5, 0.6) is 0 Å². The van der Waals surface area contributed by atoms with Crippen LogP contribution in [0.1, 0.15) is 21.7 Å². The second-order valence-electron chi connectivity index (χ2n) is 4.13. The summed E-state index contributed by atoms with van der Waals surface area (Å²) in [4.78, 5) is 27.9. The smallest absolute Gasteiger partial charge is 0.354 e. The van der Waals surface area contributed by atoms with Crippen LogP contribution in [0.4, 0.5) is 0 Å². The summed E-state index contributed by atoms with van der Waals surface area (Å²) in [5.74, 6) is -0.454. The van der Waals surface area contributed by atoms with Gasteiger partial charge in [-0.15, -0.1) is 0 Å². The van der Waals surface area contributed by atoms with Crippen molar-refractivity contribution in [1.29, 1.82) is 0 Å². The number of nitrogens with zero attached hydrogens (tertiary/aromatic N) is 4. The van der Waals surface area contributed by atoms with Gasteiger partial charge in [-0.3, -0.25) is 0 Å². The van der Waals surface area contributed by atoms with Crippen molar-refractivity contribution >= 4 is 5.97 Å². The Labute approximate surface area is 108 Å². The molecule has 0 saturated carbocycles. The van der Waals surface area contributed by atoms with Crippen molar-refractivity contribution in [2.45, 2.75) is 13.0 Å². The topological polar surface area (TPSA) is 101 Å². The molecule has 96 valence electrons. The summed E-state index contributed by atoms with van der Waals surface area (Å²) in [5.41, 5.74) is 1.44. The molecule has 0 aromatic carbocycles. The lowest BCUT2D eigenvalue weighted by Crippen LogP contribution is -2.28. The van der Waals surface area contributed by atoms with Gasteiger partial charge >= 0.3 is 5.97 Å². The maximum absolute atomic E-state index is 11.3. The monoisotopic (exact) mass is 257 g/mol. The lowest BCUT2D eigenvalue weighted by molar-refractivity contribution is 0.0688. The molecule has 0 amide bonds. The Morgan fingerprint density at radius 2 is 2.00 bits per heavy atom. The van der Waals surface area contributed by atoms with Crippen LogP contribution in [0.25, 0.3) is 11.6 Å². The number of hydrogen-bond donors (Lipinski definition) is 2. The summed E-state index contributed by atoms with van der Waals surface area (Å²) in [5, 5.41) is 12.4. The van der Waals surface area contributed by atoms with E-state index in [9.17, 15) is 9.90 Å². The van der Waals surface area contributed by atoms with Crippen molar-refractivity contribution in [2.24, 2.45) is 0 Å². The summed E-state index contributed by atoms with van der Waals surface area (Å²) >= 11 is 0. The third kappa shape index (κ3) is 2.15. The van der Waals surface area contributed by atoms with Gasteiger partial charge in [-0.1, -0.05) is 0 Å². The number of carboxylic acids is 1. The average molecular weight is 257 g/mol. The number of carboxylic acid groups (broad SMARTS) is 1. The maximum atomic E-state index is 11.3. The van der Waals surface area contributed by atoms with Crippen LogP contribution < -0.4 is 5.32 Å². The van der Waals surface area contributed by atoms with Gasteiger partial charge in [0.05, 0.1) is 5.69 Å². The molecule has 0 unspecified atom stereocenters. The van der Waals surface area contributed by atoms with Gasteiger partial charge in [0.1, 0.15) is 0 Å². The summed E-state index contributed by atoms with van der Waals surface area (Å²) in [7, 11) is 0. The van der Waals surface area contributed by atoms with Gasteiger partial charge in [-0.25, -0.2) is 24.7 Å². The van der Waals surface area contributed by atoms with Crippen molar-refractivity contribution in [3.8, 4) is 11.6 Å². The molecule has 3 heterocycles. The Morgan fingerprint density at radius 3 is 2.74 bits per heavy atom. The van der Waals surface area contributed by atoms with Crippen molar-refractivity contribution in [3.63, 3.8) is 0 Å². The zero-order valence-electron chi connectivity index (χ0n) is 10.00. The van der Waals surface area contributed by atoms with E-state index in [4.69, 9.17) is 0 Å². The van der Waals surface area contributed by atoms with E-state index in [-0.39, 0.29) is 11.5 Å². The fraction of sp³-hybridized carbons (Fsp3) is 0.250. The third-order valence-corrected chi connectivity index (χ3v) is 2.90. The Balaban J connectivity index is 2.17. The van der Waals surface area contributed by atoms with Gasteiger partial charge in [0, 0.05) is 37.5 Å². The number of fused-ring (bicyclic) bond motifs is 1. The van der Waals surface area contributed by atoms with Crippen molar-refractivity contribution < 1.29 is 9.90 Å². The molecule has 0 spiro atoms. The Kier molecular flexibility index (Phi) is 2.88. The molecule has 1 aliphatic heterocycles. The van der Waals surface area contributed by atoms with Crippen LogP contribution in [-0.2, 0) is 13.0 Å². The molecular weight excluding hydrogens is 246 g/mol. The van der Waals surface area contributed by atoms with Crippen molar-refractivity contribution in [1.82, 2.24) is 25.3 Å². The standard InChI is InChI=1S/C12H11N5O2/c18-12(19)9-7-6-13-5-2-8(7)16-11(17-9)10-14-3-1-4-15-10/h1,3-4,13H,2,5-6H2,(H,18,19). The third-order valence-electron chi connectivity index (χ3n) is 2.90. The van der Waals surface area contributed by atoms with Gasteiger partial charge in [-0.05, 0) is 6.07 Å². The molecule has 0 bridgehead atoms. The summed E-state index contributed by atoms with van der Waals surface area (Å²) in [6, 6.07) is 1.68. The summed E-state index contributed by atoms with van der Waals surface area (Å²) < 4.78 is 0. The van der Waals surface area contributed by atoms with E-state index >= 15 is 0 Å². The summed E-state index contributed by atoms with van der Waals surface area (Å²) in [6.45, 7) is 1.26. The first-order valence-electron chi connectivity index (χ1n) is 5.87. The number of hydrogen-bond acceptors (Lipinski definition) is 6. The highest BCUT2D eigenvalue weighted by molar-refractivity contribution is 5.88. The minimum absolute atomic E-state index is 0.0275. The lowest BCUT2D eigenvalue weighted by Gasteiger charge is -2.18. The number of aromatic nitrogens is 4. The van der Waals surface area contributed by atoms with Crippen LogP contribution in [-0.4, -0.2) is 37.6 Å². The molecule has 2 aromatic rings. The highest BCUT2D eigenvalue weighted by Gasteiger charge is 2.22. The first-order valence-corrected chi connectivity index (χ1v) is 5.87. The van der Waals surface area contributed by atoms with Crippen LogP contribution >= 0.6 is 0 Å². The molecule has 7 heteroatoms. The number of aromatic carboxylic acids is 1. The van der Waals surface area contributed by atoms with E-state index in [1.807, 2.05) is 0 Å². The van der Waals surface area contributed by atoms with E-state index in [0.29, 0.717) is 24.4 Å². The maximum Gasteiger partial charge on any atom is 0.354 e. The lowest BCUT2D eigenvalue weighted by atomic mass is 10.1. The Hall–Kier alpha value is -2.41. The normalized spacial score (nSPS) is 13.9. The first kappa shape index (κ1) is 11.7. The molecule has 19 heavy (non-hydrogen) atoms. The molecular formula is C12H11N5O2. The fourth-order valence-electron chi connectivity index (χ4n) is 2.03. The van der Waals surface area contributed by atoms with E-state index in [1.165, 1.54) is 0 Å². The van der Waals surface area contributed by atoms with Gasteiger partial charge in [0.25, 0.3) is 0 Å². The van der Waals surface area contributed by atoms with Gasteiger partial charge < -0.3 is 10.4 Å². The molecule has 2 N–H and O–H groups in total. The van der Waals surface area contributed by atoms with Gasteiger partial charge in [0.15, 0.2) is 17.3 Å². The zero-order chi connectivity index (χ0) is 13.2. The molecule has 7 nitrogen and oxygen atoms in total. The van der Waals surface area contributed by atoms with E-state index in [0.717, 1.165) is 12.2 Å². The molecule has 0 fully saturated rings. The van der Waals surface area contributed by atoms with Crippen LogP contribution in [0.15, 0.2) is 18.5 Å². The van der Waals surface area contributed by atoms with E-state index < -0.39 is 5.97 Å². The van der Waals surface area contributed by atoms with Crippen LogP contribution in [0, 0.1) is 0 Å². The van der Waals surface area contributed by atoms with Crippen LogP contribution in [0.3, 0.4) is 0 Å². The van der Waals surface area contributed by atoms with E-state index in [1.54, 1.807) is 18.5 Å². The number of nitrogens with one attached hydrogen (secondary N) is 1.